The van der Waals surface area contributed by atoms with E-state index < -0.39 is 24.1 Å². The van der Waals surface area contributed by atoms with Gasteiger partial charge in [-0.15, -0.1) is 0 Å². The fourth-order valence-electron chi connectivity index (χ4n) is 5.03. The monoisotopic (exact) mass is 563 g/mol. The molecule has 14 heteroatoms. The number of piperazine rings is 1. The minimum Gasteiger partial charge on any atom is -0.390 e. The number of rotatable bonds is 4. The highest BCUT2D eigenvalue weighted by Crippen LogP contribution is 2.35. The number of fused-ring (bicyclic) bond motifs is 1. The third-order valence-corrected chi connectivity index (χ3v) is 7.17. The molecule has 0 spiro atoms. The highest BCUT2D eigenvalue weighted by molar-refractivity contribution is 6.30. The third-order valence-electron chi connectivity index (χ3n) is 6.92. The molecule has 2 saturated heterocycles. The fraction of sp³-hybridized carbons (Fsp3) is 0.360. The maximum Gasteiger partial charge on any atom is 0.451 e. The van der Waals surface area contributed by atoms with Crippen LogP contribution in [0, 0.1) is 0 Å². The van der Waals surface area contributed by atoms with E-state index in [1.54, 1.807) is 34.1 Å². The fourth-order valence-corrected chi connectivity index (χ4v) is 5.16. The van der Waals surface area contributed by atoms with Gasteiger partial charge in [-0.2, -0.15) is 13.2 Å². The molecule has 0 aliphatic carbocycles. The van der Waals surface area contributed by atoms with Gasteiger partial charge in [0.15, 0.2) is 0 Å². The molecule has 5 rings (SSSR count). The van der Waals surface area contributed by atoms with Crippen LogP contribution >= 0.6 is 11.6 Å². The summed E-state index contributed by atoms with van der Waals surface area (Å²) in [6, 6.07) is 9.64. The Hall–Kier alpha value is -3.68. The van der Waals surface area contributed by atoms with E-state index in [4.69, 9.17) is 17.3 Å². The summed E-state index contributed by atoms with van der Waals surface area (Å²) in [5, 5.41) is 14.1. The van der Waals surface area contributed by atoms with E-state index >= 15 is 0 Å². The Morgan fingerprint density at radius 1 is 1.03 bits per heavy atom. The van der Waals surface area contributed by atoms with Gasteiger partial charge >= 0.3 is 12.2 Å². The van der Waals surface area contributed by atoms with E-state index in [2.05, 4.69) is 15.3 Å². The molecule has 39 heavy (non-hydrogen) atoms. The van der Waals surface area contributed by atoms with Gasteiger partial charge in [-0.3, -0.25) is 9.69 Å². The zero-order chi connectivity index (χ0) is 27.9. The number of nitrogens with zero attached hydrogens (tertiary/aromatic N) is 5. The lowest BCUT2D eigenvalue weighted by Gasteiger charge is -2.38. The van der Waals surface area contributed by atoms with Crippen LogP contribution in [-0.2, 0) is 6.18 Å². The number of aliphatic hydroxyl groups excluding tert-OH is 1. The number of hydrogen-bond acceptors (Lipinski definition) is 7. The molecule has 4 N–H and O–H groups in total. The predicted molar refractivity (Wildman–Crippen MR) is 139 cm³/mol. The van der Waals surface area contributed by atoms with Gasteiger partial charge in [-0.25, -0.2) is 14.8 Å². The van der Waals surface area contributed by atoms with Gasteiger partial charge < -0.3 is 26.0 Å². The van der Waals surface area contributed by atoms with E-state index in [1.807, 2.05) is 4.90 Å². The van der Waals surface area contributed by atoms with Crippen molar-refractivity contribution in [1.29, 1.82) is 0 Å². The number of alkyl halides is 3. The number of benzene rings is 2. The number of nitrogens with one attached hydrogen (secondary N) is 1. The molecule has 2 atom stereocenters. The number of nitrogens with two attached hydrogens (primary N) is 1. The maximum absolute atomic E-state index is 13.6. The summed E-state index contributed by atoms with van der Waals surface area (Å²) < 4.78 is 40.8. The average molecular weight is 564 g/mol. The van der Waals surface area contributed by atoms with E-state index in [0.29, 0.717) is 36.8 Å². The molecule has 3 heterocycles. The molecule has 0 unspecified atom stereocenters. The quantitative estimate of drug-likeness (QED) is 0.445. The highest BCUT2D eigenvalue weighted by Gasteiger charge is 2.40. The van der Waals surface area contributed by atoms with Crippen molar-refractivity contribution < 1.29 is 27.9 Å². The Morgan fingerprint density at radius 2 is 1.72 bits per heavy atom. The van der Waals surface area contributed by atoms with Crippen LogP contribution < -0.4 is 16.0 Å². The molecule has 0 saturated carbocycles. The summed E-state index contributed by atoms with van der Waals surface area (Å²) in [5.74, 6) is -1.42. The number of aromatic nitrogens is 2. The lowest BCUT2D eigenvalue weighted by Crippen LogP contribution is -2.54. The summed E-state index contributed by atoms with van der Waals surface area (Å²) in [6.45, 7) is 2.09. The number of halogens is 4. The van der Waals surface area contributed by atoms with Crippen molar-refractivity contribution in [1.82, 2.24) is 19.8 Å². The van der Waals surface area contributed by atoms with Crippen LogP contribution in [0.3, 0.4) is 0 Å². The maximum atomic E-state index is 13.6. The van der Waals surface area contributed by atoms with E-state index in [1.165, 1.54) is 18.2 Å². The number of hydrogen-bond donors (Lipinski definition) is 3. The smallest absolute Gasteiger partial charge is 0.390 e. The molecule has 0 bridgehead atoms. The van der Waals surface area contributed by atoms with Crippen molar-refractivity contribution in [2.45, 2.75) is 18.3 Å². The highest BCUT2D eigenvalue weighted by atomic mass is 35.5. The van der Waals surface area contributed by atoms with Gasteiger partial charge in [-0.05, 0) is 42.5 Å². The molecule has 2 fully saturated rings. The van der Waals surface area contributed by atoms with Gasteiger partial charge in [0.1, 0.15) is 5.82 Å². The van der Waals surface area contributed by atoms with Crippen molar-refractivity contribution in [3.05, 3.63) is 58.9 Å². The largest absolute Gasteiger partial charge is 0.451 e. The molecule has 3 aromatic rings. The zero-order valence-corrected chi connectivity index (χ0v) is 21.3. The molecule has 206 valence electrons. The molecular formula is C25H25ClF3N7O3. The number of aliphatic hydroxyl groups is 1. The van der Waals surface area contributed by atoms with Crippen molar-refractivity contribution in [2.24, 2.45) is 5.73 Å². The van der Waals surface area contributed by atoms with Crippen molar-refractivity contribution in [2.75, 3.05) is 49.5 Å². The average Bonchev–Trinajstić information content (AvgIpc) is 3.28. The number of urea groups is 1. The van der Waals surface area contributed by atoms with Crippen LogP contribution in [0.4, 0.5) is 29.5 Å². The van der Waals surface area contributed by atoms with E-state index in [0.717, 1.165) is 0 Å². The molecule has 10 nitrogen and oxygen atoms in total. The number of carbonyl (C=O) groups is 2. The summed E-state index contributed by atoms with van der Waals surface area (Å²) in [6.07, 6.45) is -5.65. The number of carbonyl (C=O) groups excluding carboxylic acids is 2. The van der Waals surface area contributed by atoms with Gasteiger partial charge in [0.05, 0.1) is 17.7 Å². The predicted octanol–water partition coefficient (Wildman–Crippen LogP) is 2.80. The lowest BCUT2D eigenvalue weighted by molar-refractivity contribution is -0.144. The Labute approximate surface area is 226 Å². The summed E-state index contributed by atoms with van der Waals surface area (Å²) >= 11 is 5.91. The Bertz CT molecular complexity index is 1400. The molecule has 3 amide bonds. The summed E-state index contributed by atoms with van der Waals surface area (Å²) in [5.41, 5.74) is 6.03. The number of primary amides is 1. The first kappa shape index (κ1) is 26.9. The summed E-state index contributed by atoms with van der Waals surface area (Å²) in [4.78, 5) is 37.0. The Balaban J connectivity index is 1.35. The topological polar surface area (TPSA) is 128 Å². The lowest BCUT2D eigenvalue weighted by atomic mass is 10.1. The second-order valence-corrected chi connectivity index (χ2v) is 9.90. The van der Waals surface area contributed by atoms with Gasteiger partial charge in [0, 0.05) is 60.9 Å². The summed E-state index contributed by atoms with van der Waals surface area (Å²) in [7, 11) is 0. The van der Waals surface area contributed by atoms with Crippen LogP contribution in [0.15, 0.2) is 42.5 Å². The van der Waals surface area contributed by atoms with Crippen LogP contribution in [-0.4, -0.2) is 88.2 Å². The van der Waals surface area contributed by atoms with Gasteiger partial charge in [-0.1, -0.05) is 11.6 Å². The molecule has 2 aliphatic heterocycles. The number of anilines is 2. The normalized spacial score (nSPS) is 20.4. The van der Waals surface area contributed by atoms with Gasteiger partial charge in [0.2, 0.25) is 5.82 Å². The van der Waals surface area contributed by atoms with Crippen LogP contribution in [0.1, 0.15) is 16.2 Å². The van der Waals surface area contributed by atoms with Crippen LogP contribution in [0.25, 0.3) is 10.9 Å². The minimum absolute atomic E-state index is 0.00134. The number of amides is 3. The third kappa shape index (κ3) is 5.70. The Morgan fingerprint density at radius 3 is 2.36 bits per heavy atom. The SMILES string of the molecule is NC(=O)Nc1ccc2nc(C(F)(F)F)nc(N3C[C@H](O)[C@@H](N4CCN(C(=O)c5ccc(Cl)cc5)CC4)C3)c2c1. The van der Waals surface area contributed by atoms with Crippen LogP contribution in [0.2, 0.25) is 5.02 Å². The van der Waals surface area contributed by atoms with Crippen molar-refractivity contribution in [3.8, 4) is 0 Å². The number of β-amino-alcohol motifs (C(OH)–C–C–N with tert-alkyl or cyclic N) is 1. The second kappa shape index (κ2) is 10.5. The zero-order valence-electron chi connectivity index (χ0n) is 20.5. The van der Waals surface area contributed by atoms with Crippen molar-refractivity contribution in [3.63, 3.8) is 0 Å². The van der Waals surface area contributed by atoms with Crippen LogP contribution in [0.5, 0.6) is 0 Å². The first-order chi connectivity index (χ1) is 18.5. The second-order valence-electron chi connectivity index (χ2n) is 9.46. The minimum atomic E-state index is -4.78. The van der Waals surface area contributed by atoms with Crippen molar-refractivity contribution >= 4 is 45.9 Å². The standard InChI is InChI=1S/C25H25ClF3N7O3/c26-15-3-1-14(2-4-15)22(38)35-9-7-34(8-10-35)19-12-36(13-20(19)37)21-17-11-16(31-24(30)39)5-6-18(17)32-23(33-21)25(27,28)29/h1-6,11,19-20,37H,7-10,12-13H2,(H3,30,31,39)/t19-,20-/m0/s1. The Kier molecular flexibility index (Phi) is 7.23. The first-order valence-electron chi connectivity index (χ1n) is 12.2. The van der Waals surface area contributed by atoms with Gasteiger partial charge in [0.25, 0.3) is 5.91 Å². The van der Waals surface area contributed by atoms with E-state index in [-0.39, 0.29) is 47.4 Å². The molecular weight excluding hydrogens is 539 g/mol. The molecule has 0 radical (unpaired) electrons. The first-order valence-corrected chi connectivity index (χ1v) is 12.5. The molecule has 2 aliphatic rings. The molecule has 1 aromatic heterocycles. The molecule has 2 aromatic carbocycles. The van der Waals surface area contributed by atoms with E-state index in [9.17, 15) is 27.9 Å².